The van der Waals surface area contributed by atoms with E-state index in [0.717, 1.165) is 5.56 Å². The molecule has 0 saturated heterocycles. The van der Waals surface area contributed by atoms with Crippen molar-refractivity contribution < 1.29 is 18.7 Å². The molecule has 0 atom stereocenters. The lowest BCUT2D eigenvalue weighted by atomic mass is 10.1. The molecule has 0 heterocycles. The van der Waals surface area contributed by atoms with E-state index in [1.165, 1.54) is 12.1 Å². The number of anilines is 1. The third-order valence-electron chi connectivity index (χ3n) is 2.96. The van der Waals surface area contributed by atoms with Crippen LogP contribution in [0.2, 0.25) is 0 Å². The van der Waals surface area contributed by atoms with Gasteiger partial charge in [-0.1, -0.05) is 30.3 Å². The van der Waals surface area contributed by atoms with Crippen molar-refractivity contribution in [3.05, 3.63) is 65.5 Å². The first kappa shape index (κ1) is 15.7. The van der Waals surface area contributed by atoms with Gasteiger partial charge in [-0.05, 0) is 36.2 Å². The van der Waals surface area contributed by atoms with E-state index in [9.17, 15) is 14.0 Å². The number of hydrogen-bond donors (Lipinski definition) is 1. The first-order valence-electron chi connectivity index (χ1n) is 6.80. The summed E-state index contributed by atoms with van der Waals surface area (Å²) in [6.07, 6.45) is -0.204. The van der Waals surface area contributed by atoms with Crippen molar-refractivity contribution in [1.82, 2.24) is 0 Å². The number of rotatable bonds is 5. The molecule has 2 aromatic rings. The molecule has 0 aliphatic heterocycles. The van der Waals surface area contributed by atoms with Crippen molar-refractivity contribution in [3.8, 4) is 0 Å². The van der Waals surface area contributed by atoms with Crippen LogP contribution in [0.15, 0.2) is 48.5 Å². The predicted octanol–water partition coefficient (Wildman–Crippen LogP) is 2.86. The Morgan fingerprint density at radius 1 is 1.14 bits per heavy atom. The monoisotopic (exact) mass is 301 g/mol. The molecule has 0 bridgehead atoms. The maximum absolute atomic E-state index is 13.4. The molecule has 0 spiro atoms. The molecular weight excluding hydrogens is 285 g/mol. The van der Waals surface area contributed by atoms with Crippen LogP contribution in [0, 0.1) is 12.7 Å². The molecule has 114 valence electrons. The summed E-state index contributed by atoms with van der Waals surface area (Å²) < 4.78 is 18.2. The number of carbonyl (C=O) groups is 2. The van der Waals surface area contributed by atoms with Gasteiger partial charge in [-0.15, -0.1) is 0 Å². The number of halogens is 1. The molecule has 0 unspecified atom stereocenters. The minimum absolute atomic E-state index is 0.204. The van der Waals surface area contributed by atoms with Crippen molar-refractivity contribution in [2.45, 2.75) is 13.3 Å². The molecule has 0 aliphatic carbocycles. The fourth-order valence-corrected chi connectivity index (χ4v) is 1.91. The largest absolute Gasteiger partial charge is 0.455 e. The second-order valence-corrected chi connectivity index (χ2v) is 4.85. The summed E-state index contributed by atoms with van der Waals surface area (Å²) in [6.45, 7) is 1.51. The van der Waals surface area contributed by atoms with Crippen LogP contribution in [0.3, 0.4) is 0 Å². The summed E-state index contributed by atoms with van der Waals surface area (Å²) >= 11 is 0. The quantitative estimate of drug-likeness (QED) is 0.864. The second kappa shape index (κ2) is 7.36. The Hall–Kier alpha value is -2.69. The molecular formula is C17H16FNO3. The Bertz CT molecular complexity index is 685. The zero-order chi connectivity index (χ0) is 15.9. The van der Waals surface area contributed by atoms with E-state index in [2.05, 4.69) is 5.32 Å². The lowest BCUT2D eigenvalue weighted by Gasteiger charge is -2.07. The molecule has 22 heavy (non-hydrogen) atoms. The van der Waals surface area contributed by atoms with Crippen molar-refractivity contribution >= 4 is 17.6 Å². The van der Waals surface area contributed by atoms with E-state index < -0.39 is 24.3 Å². The minimum Gasteiger partial charge on any atom is -0.455 e. The molecule has 2 aromatic carbocycles. The number of nitrogens with one attached hydrogen (secondary N) is 1. The Morgan fingerprint density at radius 2 is 1.91 bits per heavy atom. The fraction of sp³-hybridized carbons (Fsp3) is 0.176. The number of benzene rings is 2. The van der Waals surface area contributed by atoms with E-state index in [0.29, 0.717) is 5.69 Å². The standard InChI is InChI=1S/C17H16FNO3/c1-12-5-4-7-14(9-12)19-16(20)11-22-17(21)10-13-6-2-3-8-15(13)18/h2-9H,10-11H2,1H3,(H,19,20). The molecule has 0 radical (unpaired) electrons. The molecule has 1 amide bonds. The van der Waals surface area contributed by atoms with E-state index in [1.807, 2.05) is 19.1 Å². The zero-order valence-corrected chi connectivity index (χ0v) is 12.1. The number of carbonyl (C=O) groups excluding carboxylic acids is 2. The topological polar surface area (TPSA) is 55.4 Å². The van der Waals surface area contributed by atoms with Crippen LogP contribution < -0.4 is 5.32 Å². The van der Waals surface area contributed by atoms with Crippen LogP contribution in [-0.2, 0) is 20.7 Å². The number of ether oxygens (including phenoxy) is 1. The highest BCUT2D eigenvalue weighted by Gasteiger charge is 2.11. The van der Waals surface area contributed by atoms with Gasteiger partial charge in [-0.2, -0.15) is 0 Å². The van der Waals surface area contributed by atoms with Gasteiger partial charge in [0.1, 0.15) is 5.82 Å². The number of esters is 1. The van der Waals surface area contributed by atoms with Crippen LogP contribution >= 0.6 is 0 Å². The maximum atomic E-state index is 13.4. The lowest BCUT2D eigenvalue weighted by molar-refractivity contribution is -0.146. The molecule has 0 saturated carbocycles. The number of aryl methyl sites for hydroxylation is 1. The first-order valence-corrected chi connectivity index (χ1v) is 6.80. The van der Waals surface area contributed by atoms with E-state index >= 15 is 0 Å². The van der Waals surface area contributed by atoms with Gasteiger partial charge in [0.05, 0.1) is 6.42 Å². The second-order valence-electron chi connectivity index (χ2n) is 4.85. The van der Waals surface area contributed by atoms with Crippen LogP contribution in [-0.4, -0.2) is 18.5 Å². The van der Waals surface area contributed by atoms with Gasteiger partial charge in [0, 0.05) is 5.69 Å². The summed E-state index contributed by atoms with van der Waals surface area (Å²) in [4.78, 5) is 23.3. The average molecular weight is 301 g/mol. The Labute approximate surface area is 127 Å². The average Bonchev–Trinajstić information content (AvgIpc) is 2.48. The molecule has 0 aliphatic rings. The van der Waals surface area contributed by atoms with Gasteiger partial charge < -0.3 is 10.1 Å². The molecule has 5 heteroatoms. The van der Waals surface area contributed by atoms with Crippen LogP contribution in [0.25, 0.3) is 0 Å². The van der Waals surface area contributed by atoms with E-state index in [1.54, 1.807) is 24.3 Å². The first-order chi connectivity index (χ1) is 10.5. The Balaban J connectivity index is 1.81. The van der Waals surface area contributed by atoms with Gasteiger partial charge in [0.15, 0.2) is 6.61 Å². The number of hydrogen-bond acceptors (Lipinski definition) is 3. The van der Waals surface area contributed by atoms with Gasteiger partial charge in [-0.3, -0.25) is 9.59 Å². The summed E-state index contributed by atoms with van der Waals surface area (Å²) in [5, 5.41) is 2.62. The smallest absolute Gasteiger partial charge is 0.310 e. The van der Waals surface area contributed by atoms with E-state index in [4.69, 9.17) is 4.74 Å². The van der Waals surface area contributed by atoms with E-state index in [-0.39, 0.29) is 12.0 Å². The van der Waals surface area contributed by atoms with Gasteiger partial charge in [0.2, 0.25) is 0 Å². The van der Waals surface area contributed by atoms with Crippen LogP contribution in [0.1, 0.15) is 11.1 Å². The van der Waals surface area contributed by atoms with Crippen LogP contribution in [0.5, 0.6) is 0 Å². The maximum Gasteiger partial charge on any atom is 0.310 e. The highest BCUT2D eigenvalue weighted by molar-refractivity contribution is 5.92. The third kappa shape index (κ3) is 4.70. The normalized spacial score (nSPS) is 10.1. The third-order valence-corrected chi connectivity index (χ3v) is 2.96. The molecule has 4 nitrogen and oxygen atoms in total. The van der Waals surface area contributed by atoms with Crippen molar-refractivity contribution in [3.63, 3.8) is 0 Å². The Kier molecular flexibility index (Phi) is 5.25. The van der Waals surface area contributed by atoms with Gasteiger partial charge in [0.25, 0.3) is 5.91 Å². The highest BCUT2D eigenvalue weighted by Crippen LogP contribution is 2.10. The minimum atomic E-state index is -0.649. The Morgan fingerprint density at radius 3 is 2.64 bits per heavy atom. The fourth-order valence-electron chi connectivity index (χ4n) is 1.91. The summed E-state index contributed by atoms with van der Waals surface area (Å²) in [7, 11) is 0. The van der Waals surface area contributed by atoms with Crippen molar-refractivity contribution in [2.75, 3.05) is 11.9 Å². The van der Waals surface area contributed by atoms with Crippen LogP contribution in [0.4, 0.5) is 10.1 Å². The number of amides is 1. The summed E-state index contributed by atoms with van der Waals surface area (Å²) in [6, 6.07) is 13.2. The lowest BCUT2D eigenvalue weighted by Crippen LogP contribution is -2.21. The zero-order valence-electron chi connectivity index (χ0n) is 12.1. The molecule has 0 aromatic heterocycles. The molecule has 1 N–H and O–H groups in total. The van der Waals surface area contributed by atoms with Crippen molar-refractivity contribution in [1.29, 1.82) is 0 Å². The molecule has 2 rings (SSSR count). The SMILES string of the molecule is Cc1cccc(NC(=O)COC(=O)Cc2ccccc2F)c1. The molecule has 0 fully saturated rings. The van der Waals surface area contributed by atoms with Gasteiger partial charge >= 0.3 is 5.97 Å². The summed E-state index contributed by atoms with van der Waals surface area (Å²) in [5.74, 6) is -1.55. The highest BCUT2D eigenvalue weighted by atomic mass is 19.1. The van der Waals surface area contributed by atoms with Gasteiger partial charge in [-0.25, -0.2) is 4.39 Å². The summed E-state index contributed by atoms with van der Waals surface area (Å²) in [5.41, 5.74) is 1.89. The van der Waals surface area contributed by atoms with Crippen molar-refractivity contribution in [2.24, 2.45) is 0 Å². The predicted molar refractivity (Wildman–Crippen MR) is 80.9 cm³/mol.